The molecule has 0 radical (unpaired) electrons. The lowest BCUT2D eigenvalue weighted by molar-refractivity contribution is -0.143. The van der Waals surface area contributed by atoms with E-state index in [2.05, 4.69) is 10.6 Å². The number of hydrogen-bond donors (Lipinski definition) is 3. The third-order valence-corrected chi connectivity index (χ3v) is 4.64. The van der Waals surface area contributed by atoms with E-state index >= 15 is 0 Å². The predicted molar refractivity (Wildman–Crippen MR) is 78.5 cm³/mol. The maximum Gasteiger partial charge on any atom is 0.326 e. The van der Waals surface area contributed by atoms with E-state index in [0.717, 1.165) is 32.1 Å². The number of carbonyl (C=O) groups excluding carboxylic acids is 1. The number of aliphatic carboxylic acids is 1. The van der Waals surface area contributed by atoms with Crippen molar-refractivity contribution in [2.45, 2.75) is 70.4 Å². The molecule has 1 saturated carbocycles. The third-order valence-electron chi connectivity index (χ3n) is 4.64. The molecule has 0 bridgehead atoms. The first-order valence-electron chi connectivity index (χ1n) is 7.65. The molecule has 1 fully saturated rings. The van der Waals surface area contributed by atoms with Gasteiger partial charge in [-0.2, -0.15) is 0 Å². The van der Waals surface area contributed by atoms with Crippen LogP contribution in [-0.2, 0) is 9.59 Å². The van der Waals surface area contributed by atoms with Crippen molar-refractivity contribution >= 4 is 11.9 Å². The fourth-order valence-corrected chi connectivity index (χ4v) is 2.96. The zero-order chi connectivity index (χ0) is 15.2. The van der Waals surface area contributed by atoms with Gasteiger partial charge in [0.25, 0.3) is 0 Å². The highest BCUT2D eigenvalue weighted by Crippen LogP contribution is 2.30. The summed E-state index contributed by atoms with van der Waals surface area (Å²) < 4.78 is 0. The molecule has 0 spiro atoms. The van der Waals surface area contributed by atoms with Gasteiger partial charge < -0.3 is 15.7 Å². The van der Waals surface area contributed by atoms with Crippen molar-refractivity contribution in [2.75, 3.05) is 7.05 Å². The van der Waals surface area contributed by atoms with Crippen molar-refractivity contribution in [1.82, 2.24) is 10.6 Å². The first-order valence-corrected chi connectivity index (χ1v) is 7.65. The van der Waals surface area contributed by atoms with Crippen molar-refractivity contribution in [2.24, 2.45) is 5.92 Å². The molecule has 116 valence electrons. The van der Waals surface area contributed by atoms with E-state index in [0.29, 0.717) is 6.42 Å². The molecule has 1 amide bonds. The van der Waals surface area contributed by atoms with Gasteiger partial charge in [0, 0.05) is 12.0 Å². The van der Waals surface area contributed by atoms with E-state index in [1.165, 1.54) is 6.42 Å². The van der Waals surface area contributed by atoms with Crippen LogP contribution in [0.5, 0.6) is 0 Å². The fraction of sp³-hybridized carbons (Fsp3) is 0.867. The van der Waals surface area contributed by atoms with Crippen LogP contribution in [0.3, 0.4) is 0 Å². The predicted octanol–water partition coefficient (Wildman–Crippen LogP) is 1.91. The summed E-state index contributed by atoms with van der Waals surface area (Å²) in [5.74, 6) is -1.17. The SMILES string of the molecule is CC[C@H](C)[C@H](NC(=O)CC1(NC)CCCCC1)C(=O)O. The highest BCUT2D eigenvalue weighted by atomic mass is 16.4. The van der Waals surface area contributed by atoms with Gasteiger partial charge in [-0.3, -0.25) is 4.79 Å². The third kappa shape index (κ3) is 4.47. The van der Waals surface area contributed by atoms with Gasteiger partial charge in [-0.25, -0.2) is 4.79 Å². The number of carboxylic acids is 1. The molecule has 2 atom stereocenters. The molecule has 5 nitrogen and oxygen atoms in total. The summed E-state index contributed by atoms with van der Waals surface area (Å²) >= 11 is 0. The van der Waals surface area contributed by atoms with Gasteiger partial charge in [0.2, 0.25) is 5.91 Å². The van der Waals surface area contributed by atoms with Crippen LogP contribution in [0.2, 0.25) is 0 Å². The van der Waals surface area contributed by atoms with Crippen LogP contribution in [0.1, 0.15) is 58.8 Å². The monoisotopic (exact) mass is 284 g/mol. The van der Waals surface area contributed by atoms with Gasteiger partial charge in [0.05, 0.1) is 0 Å². The van der Waals surface area contributed by atoms with Crippen LogP contribution in [0.15, 0.2) is 0 Å². The van der Waals surface area contributed by atoms with Crippen molar-refractivity contribution in [1.29, 1.82) is 0 Å². The largest absolute Gasteiger partial charge is 0.480 e. The lowest BCUT2D eigenvalue weighted by Crippen LogP contribution is -2.51. The van der Waals surface area contributed by atoms with Crippen molar-refractivity contribution < 1.29 is 14.7 Å². The number of carboxylic acid groups (broad SMARTS) is 1. The first-order chi connectivity index (χ1) is 9.44. The minimum Gasteiger partial charge on any atom is -0.480 e. The second-order valence-electron chi connectivity index (χ2n) is 6.04. The van der Waals surface area contributed by atoms with Gasteiger partial charge in [0.1, 0.15) is 6.04 Å². The highest BCUT2D eigenvalue weighted by Gasteiger charge is 2.34. The van der Waals surface area contributed by atoms with Gasteiger partial charge in [0.15, 0.2) is 0 Å². The second kappa shape index (κ2) is 7.62. The summed E-state index contributed by atoms with van der Waals surface area (Å²) in [6, 6.07) is -0.787. The first kappa shape index (κ1) is 17.0. The molecular formula is C15H28N2O3. The molecule has 0 aromatic rings. The summed E-state index contributed by atoms with van der Waals surface area (Å²) in [5.41, 5.74) is -0.152. The molecule has 0 aliphatic heterocycles. The summed E-state index contributed by atoms with van der Waals surface area (Å²) in [5, 5.41) is 15.2. The van der Waals surface area contributed by atoms with E-state index in [1.54, 1.807) is 0 Å². The molecule has 1 aliphatic carbocycles. The molecule has 1 aliphatic rings. The number of hydrogen-bond acceptors (Lipinski definition) is 3. The summed E-state index contributed by atoms with van der Waals surface area (Å²) in [6.07, 6.45) is 6.54. The second-order valence-corrected chi connectivity index (χ2v) is 6.04. The summed E-state index contributed by atoms with van der Waals surface area (Å²) in [4.78, 5) is 23.4. The van der Waals surface area contributed by atoms with E-state index in [9.17, 15) is 14.7 Å². The van der Waals surface area contributed by atoms with Crippen LogP contribution in [0, 0.1) is 5.92 Å². The minimum atomic E-state index is -0.949. The number of rotatable bonds is 7. The molecule has 0 unspecified atom stereocenters. The van der Waals surface area contributed by atoms with Gasteiger partial charge in [-0.15, -0.1) is 0 Å². The van der Waals surface area contributed by atoms with Gasteiger partial charge in [-0.1, -0.05) is 39.5 Å². The summed E-state index contributed by atoms with van der Waals surface area (Å²) in [6.45, 7) is 3.79. The molecule has 20 heavy (non-hydrogen) atoms. The quantitative estimate of drug-likeness (QED) is 0.667. The van der Waals surface area contributed by atoms with Crippen LogP contribution < -0.4 is 10.6 Å². The molecule has 0 aromatic carbocycles. The molecule has 1 rings (SSSR count). The summed E-state index contributed by atoms with van der Waals surface area (Å²) in [7, 11) is 1.89. The Kier molecular flexibility index (Phi) is 6.46. The Labute approximate surface area is 121 Å². The van der Waals surface area contributed by atoms with Crippen LogP contribution in [0.4, 0.5) is 0 Å². The van der Waals surface area contributed by atoms with Crippen molar-refractivity contribution in [3.05, 3.63) is 0 Å². The van der Waals surface area contributed by atoms with Crippen LogP contribution >= 0.6 is 0 Å². The van der Waals surface area contributed by atoms with E-state index in [4.69, 9.17) is 0 Å². The van der Waals surface area contributed by atoms with E-state index in [1.807, 2.05) is 20.9 Å². The highest BCUT2D eigenvalue weighted by molar-refractivity contribution is 5.84. The average Bonchev–Trinajstić information content (AvgIpc) is 2.44. The zero-order valence-corrected chi connectivity index (χ0v) is 12.9. The Hall–Kier alpha value is -1.10. The Morgan fingerprint density at radius 3 is 2.30 bits per heavy atom. The topological polar surface area (TPSA) is 78.4 Å². The maximum atomic E-state index is 12.2. The molecule has 0 heterocycles. The van der Waals surface area contributed by atoms with Crippen molar-refractivity contribution in [3.8, 4) is 0 Å². The molecule has 0 saturated heterocycles. The number of nitrogens with one attached hydrogen (secondary N) is 2. The van der Waals surface area contributed by atoms with E-state index in [-0.39, 0.29) is 17.4 Å². The average molecular weight is 284 g/mol. The van der Waals surface area contributed by atoms with Crippen LogP contribution in [-0.4, -0.2) is 35.6 Å². The Balaban J connectivity index is 2.62. The fourth-order valence-electron chi connectivity index (χ4n) is 2.96. The van der Waals surface area contributed by atoms with E-state index < -0.39 is 12.0 Å². The molecule has 5 heteroatoms. The maximum absolute atomic E-state index is 12.2. The van der Waals surface area contributed by atoms with Crippen LogP contribution in [0.25, 0.3) is 0 Å². The molecular weight excluding hydrogens is 256 g/mol. The standard InChI is InChI=1S/C15H28N2O3/c1-4-11(2)13(14(19)20)17-12(18)10-15(16-3)8-6-5-7-9-15/h11,13,16H,4-10H2,1-3H3,(H,17,18)(H,19,20)/t11-,13-/m0/s1. The Bertz CT molecular complexity index is 338. The lowest BCUT2D eigenvalue weighted by atomic mass is 9.79. The number of amides is 1. The van der Waals surface area contributed by atoms with Crippen molar-refractivity contribution in [3.63, 3.8) is 0 Å². The lowest BCUT2D eigenvalue weighted by Gasteiger charge is -2.37. The minimum absolute atomic E-state index is 0.0617. The number of carbonyl (C=O) groups is 2. The normalized spacial score (nSPS) is 20.9. The molecule has 0 aromatic heterocycles. The van der Waals surface area contributed by atoms with Gasteiger partial charge in [-0.05, 0) is 25.8 Å². The van der Waals surface area contributed by atoms with Gasteiger partial charge >= 0.3 is 5.97 Å². The Morgan fingerprint density at radius 2 is 1.85 bits per heavy atom. The Morgan fingerprint density at radius 1 is 1.25 bits per heavy atom. The smallest absolute Gasteiger partial charge is 0.326 e. The zero-order valence-electron chi connectivity index (χ0n) is 12.9. The molecule has 3 N–H and O–H groups in total.